The summed E-state index contributed by atoms with van der Waals surface area (Å²) in [7, 11) is 0. The van der Waals surface area contributed by atoms with Gasteiger partial charge in [0, 0.05) is 27.7 Å². The number of fused-ring (bicyclic) bond motifs is 1. The number of aryl methyl sites for hydroxylation is 1. The van der Waals surface area contributed by atoms with Gasteiger partial charge >= 0.3 is 0 Å². The van der Waals surface area contributed by atoms with Crippen LogP contribution >= 0.6 is 11.8 Å². The number of hydrogen-bond acceptors (Lipinski definition) is 1. The Morgan fingerprint density at radius 3 is 2.56 bits per heavy atom. The highest BCUT2D eigenvalue weighted by molar-refractivity contribution is 7.99. The molecule has 0 aliphatic carbocycles. The van der Waals surface area contributed by atoms with Gasteiger partial charge in [0.2, 0.25) is 0 Å². The molecule has 0 aliphatic heterocycles. The molecule has 1 aromatic heterocycles. The summed E-state index contributed by atoms with van der Waals surface area (Å²) in [5.41, 5.74) is 2.64. The number of aromatic amines is 1. The molecule has 3 aromatic rings. The average Bonchev–Trinajstić information content (AvgIpc) is 2.84. The van der Waals surface area contributed by atoms with Gasteiger partial charge in [-0.1, -0.05) is 36.4 Å². The molecule has 1 nitrogen and oxygen atoms in total. The fraction of sp³-hybridized carbons (Fsp3) is 0.125. The van der Waals surface area contributed by atoms with Gasteiger partial charge in [-0.05, 0) is 30.2 Å². The van der Waals surface area contributed by atoms with Crippen LogP contribution in [0.4, 0.5) is 0 Å². The number of H-pyrrole nitrogens is 1. The first kappa shape index (κ1) is 11.4. The fourth-order valence-electron chi connectivity index (χ4n) is 2.13. The summed E-state index contributed by atoms with van der Waals surface area (Å²) in [4.78, 5) is 4.67. The largest absolute Gasteiger partial charge is 0.361 e. The van der Waals surface area contributed by atoms with Crippen LogP contribution in [0.5, 0.6) is 0 Å². The summed E-state index contributed by atoms with van der Waals surface area (Å²) >= 11 is 1.91. The SMILES string of the molecule is c1ccc(SCCc2c[nH]c3ccccc23)cc1. The minimum Gasteiger partial charge on any atom is -0.361 e. The average molecular weight is 253 g/mol. The third-order valence-electron chi connectivity index (χ3n) is 3.06. The van der Waals surface area contributed by atoms with E-state index in [1.54, 1.807) is 0 Å². The normalized spacial score (nSPS) is 10.9. The Bertz CT molecular complexity index is 628. The maximum absolute atomic E-state index is 3.33. The van der Waals surface area contributed by atoms with Crippen LogP contribution in [0, 0.1) is 0 Å². The summed E-state index contributed by atoms with van der Waals surface area (Å²) in [5, 5.41) is 1.35. The number of hydrogen-bond donors (Lipinski definition) is 1. The standard InChI is InChI=1S/C16H15NS/c1-2-6-14(7-3-1)18-11-10-13-12-17-16-9-5-4-8-15(13)16/h1-9,12,17H,10-11H2. The number of para-hydroxylation sites is 1. The quantitative estimate of drug-likeness (QED) is 0.677. The predicted octanol–water partition coefficient (Wildman–Crippen LogP) is 4.50. The molecule has 1 heterocycles. The van der Waals surface area contributed by atoms with E-state index in [1.165, 1.54) is 21.4 Å². The number of benzene rings is 2. The third kappa shape index (κ3) is 2.44. The summed E-state index contributed by atoms with van der Waals surface area (Å²) in [6.07, 6.45) is 3.24. The van der Waals surface area contributed by atoms with Crippen LogP contribution in [0.2, 0.25) is 0 Å². The van der Waals surface area contributed by atoms with Crippen LogP contribution in [0.15, 0.2) is 65.7 Å². The maximum atomic E-state index is 3.33. The molecule has 2 aromatic carbocycles. The van der Waals surface area contributed by atoms with Crippen molar-refractivity contribution < 1.29 is 0 Å². The zero-order valence-corrected chi connectivity index (χ0v) is 10.9. The van der Waals surface area contributed by atoms with E-state index in [0.717, 1.165) is 12.2 Å². The highest BCUT2D eigenvalue weighted by Gasteiger charge is 2.02. The molecule has 18 heavy (non-hydrogen) atoms. The van der Waals surface area contributed by atoms with E-state index >= 15 is 0 Å². The summed E-state index contributed by atoms with van der Waals surface area (Å²) in [6, 6.07) is 19.1. The van der Waals surface area contributed by atoms with Gasteiger partial charge in [-0.25, -0.2) is 0 Å². The van der Waals surface area contributed by atoms with E-state index in [2.05, 4.69) is 65.8 Å². The number of thioether (sulfide) groups is 1. The van der Waals surface area contributed by atoms with Gasteiger partial charge in [0.1, 0.15) is 0 Å². The first-order chi connectivity index (χ1) is 8.93. The number of aromatic nitrogens is 1. The van der Waals surface area contributed by atoms with Crippen LogP contribution in [0.1, 0.15) is 5.56 Å². The molecule has 0 spiro atoms. The van der Waals surface area contributed by atoms with Crippen LogP contribution in [-0.4, -0.2) is 10.7 Å². The molecule has 0 amide bonds. The van der Waals surface area contributed by atoms with Crippen LogP contribution in [0.25, 0.3) is 10.9 Å². The molecule has 0 bridgehead atoms. The Labute approximate surface area is 111 Å². The van der Waals surface area contributed by atoms with E-state index in [1.807, 2.05) is 11.8 Å². The number of rotatable bonds is 4. The van der Waals surface area contributed by atoms with Gasteiger partial charge in [-0.15, -0.1) is 11.8 Å². The molecule has 3 rings (SSSR count). The first-order valence-corrected chi connectivity index (χ1v) is 7.15. The third-order valence-corrected chi connectivity index (χ3v) is 4.07. The van der Waals surface area contributed by atoms with Crippen LogP contribution < -0.4 is 0 Å². The van der Waals surface area contributed by atoms with Gasteiger partial charge in [0.25, 0.3) is 0 Å². The van der Waals surface area contributed by atoms with Crippen molar-refractivity contribution in [2.24, 2.45) is 0 Å². The second-order valence-electron chi connectivity index (χ2n) is 4.27. The fourth-order valence-corrected chi connectivity index (χ4v) is 3.04. The van der Waals surface area contributed by atoms with Crippen molar-refractivity contribution in [3.63, 3.8) is 0 Å². The molecule has 90 valence electrons. The summed E-state index contributed by atoms with van der Waals surface area (Å²) in [5.74, 6) is 1.12. The lowest BCUT2D eigenvalue weighted by Gasteiger charge is -2.01. The molecule has 0 radical (unpaired) electrons. The molecule has 0 fully saturated rings. The summed E-state index contributed by atoms with van der Waals surface area (Å²) in [6.45, 7) is 0. The molecular formula is C16H15NS. The van der Waals surface area contributed by atoms with E-state index < -0.39 is 0 Å². The zero-order valence-electron chi connectivity index (χ0n) is 10.1. The molecule has 0 unspecified atom stereocenters. The lowest BCUT2D eigenvalue weighted by Crippen LogP contribution is -1.86. The molecule has 0 atom stereocenters. The maximum Gasteiger partial charge on any atom is 0.0456 e. The van der Waals surface area contributed by atoms with Gasteiger partial charge in [0.05, 0.1) is 0 Å². The van der Waals surface area contributed by atoms with Gasteiger partial charge in [-0.3, -0.25) is 0 Å². The van der Waals surface area contributed by atoms with Crippen LogP contribution in [0.3, 0.4) is 0 Å². The van der Waals surface area contributed by atoms with Crippen molar-refractivity contribution in [1.29, 1.82) is 0 Å². The number of nitrogens with one attached hydrogen (secondary N) is 1. The highest BCUT2D eigenvalue weighted by atomic mass is 32.2. The van der Waals surface area contributed by atoms with Crippen molar-refractivity contribution in [2.45, 2.75) is 11.3 Å². The minimum atomic E-state index is 1.10. The van der Waals surface area contributed by atoms with Crippen molar-refractivity contribution in [2.75, 3.05) is 5.75 Å². The minimum absolute atomic E-state index is 1.10. The monoisotopic (exact) mass is 253 g/mol. The molecule has 0 saturated carbocycles. The van der Waals surface area contributed by atoms with E-state index in [4.69, 9.17) is 0 Å². The lowest BCUT2D eigenvalue weighted by atomic mass is 10.1. The molecule has 0 saturated heterocycles. The Kier molecular flexibility index (Phi) is 3.37. The second kappa shape index (κ2) is 5.32. The second-order valence-corrected chi connectivity index (χ2v) is 5.44. The molecule has 2 heteroatoms. The first-order valence-electron chi connectivity index (χ1n) is 6.16. The zero-order chi connectivity index (χ0) is 12.2. The van der Waals surface area contributed by atoms with Gasteiger partial charge in [0.15, 0.2) is 0 Å². The van der Waals surface area contributed by atoms with Crippen LogP contribution in [-0.2, 0) is 6.42 Å². The molecule has 0 aliphatic rings. The van der Waals surface area contributed by atoms with Crippen molar-refractivity contribution in [1.82, 2.24) is 4.98 Å². The van der Waals surface area contributed by atoms with Crippen molar-refractivity contribution >= 4 is 22.7 Å². The molecule has 1 N–H and O–H groups in total. The van der Waals surface area contributed by atoms with E-state index in [0.29, 0.717) is 0 Å². The Hall–Kier alpha value is -1.67. The van der Waals surface area contributed by atoms with Crippen molar-refractivity contribution in [3.05, 3.63) is 66.4 Å². The van der Waals surface area contributed by atoms with E-state index in [-0.39, 0.29) is 0 Å². The molecular weight excluding hydrogens is 238 g/mol. The van der Waals surface area contributed by atoms with Gasteiger partial charge < -0.3 is 4.98 Å². The van der Waals surface area contributed by atoms with Crippen molar-refractivity contribution in [3.8, 4) is 0 Å². The smallest absolute Gasteiger partial charge is 0.0456 e. The summed E-state index contributed by atoms with van der Waals surface area (Å²) < 4.78 is 0. The highest BCUT2D eigenvalue weighted by Crippen LogP contribution is 2.22. The Morgan fingerprint density at radius 1 is 0.889 bits per heavy atom. The predicted molar refractivity (Wildman–Crippen MR) is 79.2 cm³/mol. The van der Waals surface area contributed by atoms with Gasteiger partial charge in [-0.2, -0.15) is 0 Å². The lowest BCUT2D eigenvalue weighted by molar-refractivity contribution is 1.17. The Morgan fingerprint density at radius 2 is 1.67 bits per heavy atom. The Balaban J connectivity index is 1.67. The van der Waals surface area contributed by atoms with E-state index in [9.17, 15) is 0 Å². The topological polar surface area (TPSA) is 15.8 Å².